The van der Waals surface area contributed by atoms with Gasteiger partial charge in [0.15, 0.2) is 0 Å². The van der Waals surface area contributed by atoms with Gasteiger partial charge in [-0.15, -0.1) is 0 Å². The van der Waals surface area contributed by atoms with Gasteiger partial charge in [0.1, 0.15) is 23.7 Å². The van der Waals surface area contributed by atoms with E-state index in [4.69, 9.17) is 9.47 Å². The fourth-order valence-corrected chi connectivity index (χ4v) is 3.28. The normalized spacial score (nSPS) is 16.1. The van der Waals surface area contributed by atoms with Crippen LogP contribution in [0, 0.1) is 13.8 Å². The highest BCUT2D eigenvalue weighted by atomic mass is 16.5. The minimum absolute atomic E-state index is 0.0652. The Bertz CT molecular complexity index is 810. The summed E-state index contributed by atoms with van der Waals surface area (Å²) in [6, 6.07) is 13.1. The Morgan fingerprint density at radius 1 is 1.11 bits per heavy atom. The molecule has 1 fully saturated rings. The van der Waals surface area contributed by atoms with Gasteiger partial charge in [0, 0.05) is 13.1 Å². The van der Waals surface area contributed by atoms with Crippen molar-refractivity contribution in [1.82, 2.24) is 4.90 Å². The van der Waals surface area contributed by atoms with Crippen molar-refractivity contribution in [2.45, 2.75) is 32.3 Å². The van der Waals surface area contributed by atoms with Crippen molar-refractivity contribution in [1.29, 1.82) is 0 Å². The number of piperidine rings is 1. The minimum atomic E-state index is -0.920. The van der Waals surface area contributed by atoms with E-state index in [0.29, 0.717) is 37.2 Å². The van der Waals surface area contributed by atoms with Gasteiger partial charge in [-0.05, 0) is 62.1 Å². The van der Waals surface area contributed by atoms with Gasteiger partial charge in [-0.3, -0.25) is 4.79 Å². The molecule has 5 nitrogen and oxygen atoms in total. The lowest BCUT2D eigenvalue weighted by atomic mass is 9.92. The topological polar surface area (TPSA) is 59.0 Å². The summed E-state index contributed by atoms with van der Waals surface area (Å²) in [6.07, 6.45) is 0.970. The largest absolute Gasteiger partial charge is 0.496 e. The summed E-state index contributed by atoms with van der Waals surface area (Å²) in [6.45, 7) is 5.31. The molecule has 2 aromatic carbocycles. The van der Waals surface area contributed by atoms with E-state index in [1.54, 1.807) is 24.1 Å². The number of nitrogens with zero attached hydrogens (tertiary/aromatic N) is 1. The second-order valence-corrected chi connectivity index (χ2v) is 7.25. The lowest BCUT2D eigenvalue weighted by Crippen LogP contribution is -2.49. The van der Waals surface area contributed by atoms with E-state index in [1.807, 2.05) is 37.3 Å². The zero-order valence-corrected chi connectivity index (χ0v) is 16.2. The second kappa shape index (κ2) is 8.01. The summed E-state index contributed by atoms with van der Waals surface area (Å²) in [5.41, 5.74) is 2.01. The fraction of sp³-hybridized carbons (Fsp3) is 0.409. The summed E-state index contributed by atoms with van der Waals surface area (Å²) in [5.74, 6) is 1.27. The Hall–Kier alpha value is -2.53. The van der Waals surface area contributed by atoms with Gasteiger partial charge in [-0.1, -0.05) is 18.2 Å². The highest BCUT2D eigenvalue weighted by Crippen LogP contribution is 2.27. The Morgan fingerprint density at radius 2 is 1.81 bits per heavy atom. The molecule has 0 spiro atoms. The fourth-order valence-electron chi connectivity index (χ4n) is 3.28. The maximum absolute atomic E-state index is 12.8. The molecule has 0 aromatic heterocycles. The van der Waals surface area contributed by atoms with Crippen LogP contribution in [0.2, 0.25) is 0 Å². The molecule has 1 aliphatic heterocycles. The number of benzene rings is 2. The summed E-state index contributed by atoms with van der Waals surface area (Å²) >= 11 is 0. The van der Waals surface area contributed by atoms with Gasteiger partial charge in [0.25, 0.3) is 5.91 Å². The average molecular weight is 369 g/mol. The average Bonchev–Trinajstić information content (AvgIpc) is 2.69. The summed E-state index contributed by atoms with van der Waals surface area (Å²) in [4.78, 5) is 14.5. The SMILES string of the molecule is COc1ccccc1C(=O)N1CCC(O)(COc2ccc(C)c(C)c2)CC1. The summed E-state index contributed by atoms with van der Waals surface area (Å²) < 4.78 is 11.1. The van der Waals surface area contributed by atoms with E-state index in [1.165, 1.54) is 5.56 Å². The molecule has 1 amide bonds. The number of likely N-dealkylation sites (tertiary alicyclic amines) is 1. The quantitative estimate of drug-likeness (QED) is 0.878. The van der Waals surface area contributed by atoms with Crippen molar-refractivity contribution < 1.29 is 19.4 Å². The molecule has 0 bridgehead atoms. The van der Waals surface area contributed by atoms with Crippen LogP contribution in [-0.4, -0.2) is 48.3 Å². The van der Waals surface area contributed by atoms with Crippen LogP contribution in [0.1, 0.15) is 34.3 Å². The third-order valence-electron chi connectivity index (χ3n) is 5.30. The van der Waals surface area contributed by atoms with Crippen LogP contribution in [-0.2, 0) is 0 Å². The van der Waals surface area contributed by atoms with Crippen LogP contribution in [0.5, 0.6) is 11.5 Å². The minimum Gasteiger partial charge on any atom is -0.496 e. The Morgan fingerprint density at radius 3 is 2.48 bits per heavy atom. The van der Waals surface area contributed by atoms with Gasteiger partial charge >= 0.3 is 0 Å². The first-order chi connectivity index (χ1) is 12.9. The van der Waals surface area contributed by atoms with E-state index >= 15 is 0 Å². The maximum atomic E-state index is 12.8. The van der Waals surface area contributed by atoms with Crippen molar-refractivity contribution in [2.24, 2.45) is 0 Å². The number of aliphatic hydroxyl groups is 1. The number of ether oxygens (including phenoxy) is 2. The molecular formula is C22H27NO4. The van der Waals surface area contributed by atoms with Crippen LogP contribution >= 0.6 is 0 Å². The molecule has 5 heteroatoms. The molecule has 0 aliphatic carbocycles. The van der Waals surface area contributed by atoms with Crippen molar-refractivity contribution in [3.05, 3.63) is 59.2 Å². The molecule has 1 N–H and O–H groups in total. The number of hydrogen-bond acceptors (Lipinski definition) is 4. The van der Waals surface area contributed by atoms with Crippen molar-refractivity contribution >= 4 is 5.91 Å². The Balaban J connectivity index is 1.58. The van der Waals surface area contributed by atoms with Gasteiger partial charge < -0.3 is 19.5 Å². The first-order valence-electron chi connectivity index (χ1n) is 9.27. The zero-order valence-electron chi connectivity index (χ0n) is 16.2. The lowest BCUT2D eigenvalue weighted by Gasteiger charge is -2.38. The van der Waals surface area contributed by atoms with E-state index in [0.717, 1.165) is 11.3 Å². The van der Waals surface area contributed by atoms with E-state index < -0.39 is 5.60 Å². The third-order valence-corrected chi connectivity index (χ3v) is 5.30. The number of carbonyl (C=O) groups is 1. The molecule has 144 valence electrons. The molecule has 0 atom stereocenters. The van der Waals surface area contributed by atoms with Crippen molar-refractivity contribution in [2.75, 3.05) is 26.8 Å². The smallest absolute Gasteiger partial charge is 0.257 e. The number of aryl methyl sites for hydroxylation is 2. The van der Waals surface area contributed by atoms with Crippen LogP contribution in [0.25, 0.3) is 0 Å². The number of rotatable bonds is 5. The first-order valence-corrected chi connectivity index (χ1v) is 9.27. The molecule has 2 aromatic rings. The summed E-state index contributed by atoms with van der Waals surface area (Å²) in [7, 11) is 1.56. The van der Waals surface area contributed by atoms with Gasteiger partial charge in [0.05, 0.1) is 12.7 Å². The second-order valence-electron chi connectivity index (χ2n) is 7.25. The molecule has 0 saturated carbocycles. The standard InChI is InChI=1S/C22H27NO4/c1-16-8-9-18(14-17(16)2)27-15-22(25)10-12-23(13-11-22)21(24)19-6-4-5-7-20(19)26-3/h4-9,14,25H,10-13,15H2,1-3H3. The van der Waals surface area contributed by atoms with Gasteiger partial charge in [-0.25, -0.2) is 0 Å². The molecule has 0 radical (unpaired) electrons. The maximum Gasteiger partial charge on any atom is 0.257 e. The van der Waals surface area contributed by atoms with Crippen LogP contribution in [0.3, 0.4) is 0 Å². The number of hydrogen-bond donors (Lipinski definition) is 1. The zero-order chi connectivity index (χ0) is 19.4. The number of para-hydroxylation sites is 1. The molecule has 3 rings (SSSR count). The predicted molar refractivity (Wildman–Crippen MR) is 104 cm³/mol. The molecule has 1 saturated heterocycles. The molecule has 27 heavy (non-hydrogen) atoms. The molecule has 0 unspecified atom stereocenters. The van der Waals surface area contributed by atoms with Crippen LogP contribution < -0.4 is 9.47 Å². The van der Waals surface area contributed by atoms with E-state index in [2.05, 4.69) is 6.92 Å². The van der Waals surface area contributed by atoms with Crippen molar-refractivity contribution in [3.8, 4) is 11.5 Å². The third kappa shape index (κ3) is 4.42. The molecule has 1 aliphatic rings. The van der Waals surface area contributed by atoms with Gasteiger partial charge in [-0.2, -0.15) is 0 Å². The van der Waals surface area contributed by atoms with Crippen LogP contribution in [0.4, 0.5) is 0 Å². The molecule has 1 heterocycles. The van der Waals surface area contributed by atoms with Gasteiger partial charge in [0.2, 0.25) is 0 Å². The Kier molecular flexibility index (Phi) is 5.71. The predicted octanol–water partition coefficient (Wildman–Crippen LogP) is 3.36. The first kappa shape index (κ1) is 19.2. The van der Waals surface area contributed by atoms with Crippen molar-refractivity contribution in [3.63, 3.8) is 0 Å². The highest BCUT2D eigenvalue weighted by Gasteiger charge is 2.35. The number of amides is 1. The lowest BCUT2D eigenvalue weighted by molar-refractivity contribution is -0.0475. The summed E-state index contributed by atoms with van der Waals surface area (Å²) in [5, 5.41) is 10.8. The number of methoxy groups -OCH3 is 1. The Labute approximate surface area is 160 Å². The van der Waals surface area contributed by atoms with E-state index in [9.17, 15) is 9.90 Å². The molecular weight excluding hydrogens is 342 g/mol. The van der Waals surface area contributed by atoms with E-state index in [-0.39, 0.29) is 12.5 Å². The number of carbonyl (C=O) groups excluding carboxylic acids is 1. The van der Waals surface area contributed by atoms with Crippen LogP contribution in [0.15, 0.2) is 42.5 Å². The monoisotopic (exact) mass is 369 g/mol. The highest BCUT2D eigenvalue weighted by molar-refractivity contribution is 5.97.